The van der Waals surface area contributed by atoms with Crippen LogP contribution in [-0.2, 0) is 9.59 Å². The molecule has 0 aliphatic heterocycles. The molecule has 1 aromatic rings. The van der Waals surface area contributed by atoms with Crippen molar-refractivity contribution in [3.63, 3.8) is 0 Å². The first-order valence-corrected chi connectivity index (χ1v) is 6.72. The van der Waals surface area contributed by atoms with Gasteiger partial charge in [-0.25, -0.2) is 0 Å². The van der Waals surface area contributed by atoms with Gasteiger partial charge in [0.15, 0.2) is 0 Å². The van der Waals surface area contributed by atoms with Gasteiger partial charge >= 0.3 is 5.97 Å². The van der Waals surface area contributed by atoms with E-state index in [0.717, 1.165) is 0 Å². The number of rotatable bonds is 7. The van der Waals surface area contributed by atoms with Crippen molar-refractivity contribution in [2.75, 3.05) is 20.1 Å². The van der Waals surface area contributed by atoms with Crippen LogP contribution < -0.4 is 5.32 Å². The van der Waals surface area contributed by atoms with Crippen molar-refractivity contribution in [1.29, 1.82) is 0 Å². The normalized spacial score (nSPS) is 11.5. The molecule has 2 amide bonds. The molecule has 114 valence electrons. The second kappa shape index (κ2) is 8.04. The minimum absolute atomic E-state index is 0.140. The molecule has 1 unspecified atom stereocenters. The molecule has 6 nitrogen and oxygen atoms in total. The van der Waals surface area contributed by atoms with E-state index in [1.807, 2.05) is 6.07 Å². The molecule has 2 N–H and O–H groups in total. The quantitative estimate of drug-likeness (QED) is 0.784. The lowest BCUT2D eigenvalue weighted by Crippen LogP contribution is -2.36. The number of carbonyl (C=O) groups excluding carboxylic acids is 2. The number of carboxylic acids is 1. The predicted octanol–water partition coefficient (Wildman–Crippen LogP) is 0.986. The van der Waals surface area contributed by atoms with Gasteiger partial charge in [-0.2, -0.15) is 0 Å². The zero-order valence-electron chi connectivity index (χ0n) is 12.2. The van der Waals surface area contributed by atoms with E-state index in [4.69, 9.17) is 5.11 Å². The Kier molecular flexibility index (Phi) is 6.39. The highest BCUT2D eigenvalue weighted by atomic mass is 16.4. The van der Waals surface area contributed by atoms with Crippen molar-refractivity contribution < 1.29 is 19.5 Å². The summed E-state index contributed by atoms with van der Waals surface area (Å²) in [4.78, 5) is 35.6. The second-order valence-corrected chi connectivity index (χ2v) is 4.89. The van der Waals surface area contributed by atoms with E-state index in [2.05, 4.69) is 5.32 Å². The molecule has 6 heteroatoms. The fourth-order valence-corrected chi connectivity index (χ4v) is 1.76. The number of aliphatic carboxylic acids is 1. The molecule has 0 bridgehead atoms. The fraction of sp³-hybridized carbons (Fsp3) is 0.400. The van der Waals surface area contributed by atoms with Gasteiger partial charge in [-0.3, -0.25) is 14.4 Å². The summed E-state index contributed by atoms with van der Waals surface area (Å²) in [6, 6.07) is 8.73. The zero-order valence-corrected chi connectivity index (χ0v) is 12.2. The molecule has 0 aromatic heterocycles. The Morgan fingerprint density at radius 1 is 1.24 bits per heavy atom. The van der Waals surface area contributed by atoms with Crippen LogP contribution >= 0.6 is 0 Å². The zero-order chi connectivity index (χ0) is 15.8. The lowest BCUT2D eigenvalue weighted by atomic mass is 10.1. The molecule has 0 saturated carbocycles. The molecule has 0 saturated heterocycles. The molecule has 1 rings (SSSR count). The SMILES string of the molecule is CC(CN(C)C(=O)CCNC(=O)c1ccccc1)C(=O)O. The number of amides is 2. The van der Waals surface area contributed by atoms with Crippen LogP contribution in [0.2, 0.25) is 0 Å². The van der Waals surface area contributed by atoms with Crippen LogP contribution in [-0.4, -0.2) is 47.9 Å². The van der Waals surface area contributed by atoms with Crippen LogP contribution in [0.4, 0.5) is 0 Å². The Morgan fingerprint density at radius 2 is 1.86 bits per heavy atom. The van der Waals surface area contributed by atoms with Gasteiger partial charge in [-0.1, -0.05) is 25.1 Å². The molecule has 0 fully saturated rings. The lowest BCUT2D eigenvalue weighted by Gasteiger charge is -2.19. The highest BCUT2D eigenvalue weighted by Gasteiger charge is 2.17. The van der Waals surface area contributed by atoms with Crippen LogP contribution in [0.3, 0.4) is 0 Å². The van der Waals surface area contributed by atoms with Crippen LogP contribution in [0.15, 0.2) is 30.3 Å². The smallest absolute Gasteiger partial charge is 0.308 e. The number of nitrogens with one attached hydrogen (secondary N) is 1. The van der Waals surface area contributed by atoms with Gasteiger partial charge in [-0.15, -0.1) is 0 Å². The second-order valence-electron chi connectivity index (χ2n) is 4.89. The number of nitrogens with zero attached hydrogens (tertiary/aromatic N) is 1. The topological polar surface area (TPSA) is 86.7 Å². The number of benzene rings is 1. The van der Waals surface area contributed by atoms with Gasteiger partial charge in [0.2, 0.25) is 5.91 Å². The van der Waals surface area contributed by atoms with Crippen molar-refractivity contribution in [2.45, 2.75) is 13.3 Å². The van der Waals surface area contributed by atoms with E-state index in [1.165, 1.54) is 4.90 Å². The highest BCUT2D eigenvalue weighted by molar-refractivity contribution is 5.94. The standard InChI is InChI=1S/C15H20N2O4/c1-11(15(20)21)10-17(2)13(18)8-9-16-14(19)12-6-4-3-5-7-12/h3-7,11H,8-10H2,1-2H3,(H,16,19)(H,20,21). The summed E-state index contributed by atoms with van der Waals surface area (Å²) in [6.45, 7) is 1.92. The third kappa shape index (κ3) is 5.64. The minimum atomic E-state index is -0.938. The first kappa shape index (κ1) is 16.7. The van der Waals surface area contributed by atoms with Crippen LogP contribution in [0.1, 0.15) is 23.7 Å². The minimum Gasteiger partial charge on any atom is -0.481 e. The maximum atomic E-state index is 11.8. The van der Waals surface area contributed by atoms with Crippen molar-refractivity contribution in [1.82, 2.24) is 10.2 Å². The Morgan fingerprint density at radius 3 is 2.43 bits per heavy atom. The summed E-state index contributed by atoms with van der Waals surface area (Å²) >= 11 is 0. The Hall–Kier alpha value is -2.37. The summed E-state index contributed by atoms with van der Waals surface area (Å²) in [5, 5.41) is 11.5. The maximum absolute atomic E-state index is 11.8. The highest BCUT2D eigenvalue weighted by Crippen LogP contribution is 2.01. The first-order valence-electron chi connectivity index (χ1n) is 6.72. The molecular weight excluding hydrogens is 272 g/mol. The van der Waals surface area contributed by atoms with Crippen LogP contribution in [0.25, 0.3) is 0 Å². The van der Waals surface area contributed by atoms with E-state index in [0.29, 0.717) is 5.56 Å². The Balaban J connectivity index is 2.33. The molecule has 0 heterocycles. The third-order valence-corrected chi connectivity index (χ3v) is 3.06. The van der Waals surface area contributed by atoms with E-state index < -0.39 is 11.9 Å². The summed E-state index contributed by atoms with van der Waals surface area (Å²) in [5.74, 6) is -1.98. The van der Waals surface area contributed by atoms with E-state index >= 15 is 0 Å². The average Bonchev–Trinajstić information content (AvgIpc) is 2.47. The largest absolute Gasteiger partial charge is 0.481 e. The summed E-state index contributed by atoms with van der Waals surface area (Å²) < 4.78 is 0. The van der Waals surface area contributed by atoms with E-state index in [9.17, 15) is 14.4 Å². The summed E-state index contributed by atoms with van der Waals surface area (Å²) in [7, 11) is 1.56. The van der Waals surface area contributed by atoms with Crippen LogP contribution in [0.5, 0.6) is 0 Å². The van der Waals surface area contributed by atoms with Gasteiger partial charge < -0.3 is 15.3 Å². The van der Waals surface area contributed by atoms with Gasteiger partial charge in [0.05, 0.1) is 5.92 Å². The van der Waals surface area contributed by atoms with Crippen molar-refractivity contribution in [3.8, 4) is 0 Å². The van der Waals surface area contributed by atoms with Crippen molar-refractivity contribution in [3.05, 3.63) is 35.9 Å². The van der Waals surface area contributed by atoms with Gasteiger partial charge in [-0.05, 0) is 12.1 Å². The molecule has 0 spiro atoms. The Labute approximate surface area is 123 Å². The average molecular weight is 292 g/mol. The number of carboxylic acid groups (broad SMARTS) is 1. The Bertz CT molecular complexity index is 502. The molecule has 21 heavy (non-hydrogen) atoms. The van der Waals surface area contributed by atoms with E-state index in [1.54, 1.807) is 38.2 Å². The molecular formula is C15H20N2O4. The third-order valence-electron chi connectivity index (χ3n) is 3.06. The van der Waals surface area contributed by atoms with Crippen molar-refractivity contribution in [2.24, 2.45) is 5.92 Å². The van der Waals surface area contributed by atoms with Gasteiger partial charge in [0.1, 0.15) is 0 Å². The molecule has 0 aliphatic rings. The van der Waals surface area contributed by atoms with Crippen LogP contribution in [0, 0.1) is 5.92 Å². The molecule has 0 radical (unpaired) electrons. The lowest BCUT2D eigenvalue weighted by molar-refractivity contribution is -0.142. The molecule has 1 atom stereocenters. The van der Waals surface area contributed by atoms with E-state index in [-0.39, 0.29) is 31.3 Å². The number of hydrogen-bond acceptors (Lipinski definition) is 3. The van der Waals surface area contributed by atoms with Gasteiger partial charge in [0, 0.05) is 32.1 Å². The van der Waals surface area contributed by atoms with Crippen molar-refractivity contribution >= 4 is 17.8 Å². The maximum Gasteiger partial charge on any atom is 0.308 e. The first-order chi connectivity index (χ1) is 9.91. The monoisotopic (exact) mass is 292 g/mol. The number of carbonyl (C=O) groups is 3. The predicted molar refractivity (Wildman–Crippen MR) is 77.8 cm³/mol. The fourth-order valence-electron chi connectivity index (χ4n) is 1.76. The number of hydrogen-bond donors (Lipinski definition) is 2. The molecule has 0 aliphatic carbocycles. The summed E-state index contributed by atoms with van der Waals surface area (Å²) in [6.07, 6.45) is 0.140. The molecule has 1 aromatic carbocycles. The summed E-state index contributed by atoms with van der Waals surface area (Å²) in [5.41, 5.74) is 0.540. The van der Waals surface area contributed by atoms with Gasteiger partial charge in [0.25, 0.3) is 5.91 Å².